The Labute approximate surface area is 91.7 Å². The third-order valence-electron chi connectivity index (χ3n) is 3.84. The van der Waals surface area contributed by atoms with E-state index in [9.17, 15) is 0 Å². The molecule has 1 saturated carbocycles. The van der Waals surface area contributed by atoms with Crippen molar-refractivity contribution in [1.82, 2.24) is 9.78 Å². The Morgan fingerprint density at radius 2 is 1.93 bits per heavy atom. The molecule has 0 aromatic carbocycles. The molecule has 2 rings (SSSR count). The predicted octanol–water partition coefficient (Wildman–Crippen LogP) is 2.02. The molecule has 0 aliphatic heterocycles. The first-order valence-electron chi connectivity index (χ1n) is 5.87. The summed E-state index contributed by atoms with van der Waals surface area (Å²) in [7, 11) is 2.01. The van der Waals surface area contributed by atoms with Crippen LogP contribution in [0, 0.1) is 13.8 Å². The van der Waals surface area contributed by atoms with E-state index < -0.39 is 0 Å². The summed E-state index contributed by atoms with van der Waals surface area (Å²) in [5.41, 5.74) is 10.0. The first-order valence-corrected chi connectivity index (χ1v) is 5.87. The lowest BCUT2D eigenvalue weighted by Crippen LogP contribution is -2.32. The van der Waals surface area contributed by atoms with Gasteiger partial charge in [0.1, 0.15) is 0 Å². The van der Waals surface area contributed by atoms with Gasteiger partial charge in [-0.2, -0.15) is 5.10 Å². The van der Waals surface area contributed by atoms with Gasteiger partial charge in [0.05, 0.1) is 5.69 Å². The third-order valence-corrected chi connectivity index (χ3v) is 3.84. The molecule has 0 saturated heterocycles. The molecule has 2 atom stereocenters. The van der Waals surface area contributed by atoms with Crippen molar-refractivity contribution in [2.75, 3.05) is 0 Å². The lowest BCUT2D eigenvalue weighted by atomic mass is 9.82. The van der Waals surface area contributed by atoms with Crippen LogP contribution in [0.15, 0.2) is 0 Å². The number of aromatic nitrogens is 2. The molecule has 0 bridgehead atoms. The highest BCUT2D eigenvalue weighted by Gasteiger charge is 2.27. The van der Waals surface area contributed by atoms with Crippen LogP contribution in [0.2, 0.25) is 0 Å². The molecule has 0 radical (unpaired) electrons. The molecule has 2 N–H and O–H groups in total. The summed E-state index contributed by atoms with van der Waals surface area (Å²) in [6.45, 7) is 4.29. The Kier molecular flexibility index (Phi) is 2.83. The summed E-state index contributed by atoms with van der Waals surface area (Å²) in [6.07, 6.45) is 4.94. The smallest absolute Gasteiger partial charge is 0.0702 e. The maximum absolute atomic E-state index is 6.19. The van der Waals surface area contributed by atoms with Crippen LogP contribution in [0.25, 0.3) is 0 Å². The Balaban J connectivity index is 2.31. The van der Waals surface area contributed by atoms with E-state index in [2.05, 4.69) is 18.9 Å². The first-order chi connectivity index (χ1) is 7.11. The first kappa shape index (κ1) is 10.7. The van der Waals surface area contributed by atoms with Crippen LogP contribution in [0.3, 0.4) is 0 Å². The molecule has 0 amide bonds. The maximum Gasteiger partial charge on any atom is 0.0702 e. The Bertz CT molecular complexity index is 354. The van der Waals surface area contributed by atoms with Gasteiger partial charge in [-0.25, -0.2) is 0 Å². The Morgan fingerprint density at radius 3 is 2.47 bits per heavy atom. The van der Waals surface area contributed by atoms with Crippen molar-refractivity contribution in [3.63, 3.8) is 0 Å². The Morgan fingerprint density at radius 1 is 1.27 bits per heavy atom. The van der Waals surface area contributed by atoms with Gasteiger partial charge in [-0.1, -0.05) is 12.8 Å². The van der Waals surface area contributed by atoms with Crippen LogP contribution >= 0.6 is 0 Å². The van der Waals surface area contributed by atoms with Crippen LogP contribution in [-0.4, -0.2) is 15.8 Å². The predicted molar refractivity (Wildman–Crippen MR) is 61.9 cm³/mol. The number of rotatable bonds is 1. The lowest BCUT2D eigenvalue weighted by molar-refractivity contribution is 0.377. The molecule has 2 unspecified atom stereocenters. The standard InChI is InChI=1S/C12H21N3/c1-8-9(2)15(3)14-12(8)10-6-4-5-7-11(10)13/h10-11H,4-7,13H2,1-3H3. The average molecular weight is 207 g/mol. The molecule has 1 fully saturated rings. The van der Waals surface area contributed by atoms with Gasteiger partial charge >= 0.3 is 0 Å². The van der Waals surface area contributed by atoms with Crippen LogP contribution in [0.4, 0.5) is 0 Å². The normalized spacial score (nSPS) is 26.9. The summed E-state index contributed by atoms with van der Waals surface area (Å²) in [5.74, 6) is 0.485. The molecule has 0 spiro atoms. The number of nitrogens with zero attached hydrogens (tertiary/aromatic N) is 2. The van der Waals surface area contributed by atoms with Crippen molar-refractivity contribution in [1.29, 1.82) is 0 Å². The molecule has 3 nitrogen and oxygen atoms in total. The summed E-state index contributed by atoms with van der Waals surface area (Å²) in [5, 5.41) is 4.62. The van der Waals surface area contributed by atoms with E-state index in [1.165, 1.54) is 36.2 Å². The van der Waals surface area contributed by atoms with Gasteiger partial charge in [0, 0.05) is 24.7 Å². The maximum atomic E-state index is 6.19. The third kappa shape index (κ3) is 1.81. The highest BCUT2D eigenvalue weighted by Crippen LogP contribution is 2.33. The summed E-state index contributed by atoms with van der Waals surface area (Å²) >= 11 is 0. The van der Waals surface area contributed by atoms with E-state index in [0.717, 1.165) is 6.42 Å². The van der Waals surface area contributed by atoms with E-state index in [-0.39, 0.29) is 0 Å². The van der Waals surface area contributed by atoms with E-state index in [1.54, 1.807) is 0 Å². The molecule has 84 valence electrons. The largest absolute Gasteiger partial charge is 0.327 e. The summed E-state index contributed by atoms with van der Waals surface area (Å²) in [4.78, 5) is 0. The minimum absolute atomic E-state index is 0.312. The number of hydrogen-bond acceptors (Lipinski definition) is 2. The number of hydrogen-bond donors (Lipinski definition) is 1. The van der Waals surface area contributed by atoms with E-state index >= 15 is 0 Å². The molecule has 1 aromatic heterocycles. The second-order valence-electron chi connectivity index (χ2n) is 4.77. The molecule has 1 heterocycles. The van der Waals surface area contributed by atoms with Crippen molar-refractivity contribution in [3.05, 3.63) is 17.0 Å². The summed E-state index contributed by atoms with van der Waals surface area (Å²) < 4.78 is 1.98. The fourth-order valence-electron chi connectivity index (χ4n) is 2.59. The zero-order chi connectivity index (χ0) is 11.0. The fraction of sp³-hybridized carbons (Fsp3) is 0.750. The van der Waals surface area contributed by atoms with Crippen molar-refractivity contribution in [3.8, 4) is 0 Å². The van der Waals surface area contributed by atoms with Crippen molar-refractivity contribution >= 4 is 0 Å². The Hall–Kier alpha value is -0.830. The van der Waals surface area contributed by atoms with Crippen LogP contribution in [-0.2, 0) is 7.05 Å². The van der Waals surface area contributed by atoms with Gasteiger partial charge in [0.15, 0.2) is 0 Å². The number of aryl methyl sites for hydroxylation is 1. The van der Waals surface area contributed by atoms with Gasteiger partial charge in [-0.3, -0.25) is 4.68 Å². The van der Waals surface area contributed by atoms with E-state index in [0.29, 0.717) is 12.0 Å². The SMILES string of the molecule is Cc1c(C2CCCCC2N)nn(C)c1C. The average Bonchev–Trinajstić information content (AvgIpc) is 2.47. The monoisotopic (exact) mass is 207 g/mol. The van der Waals surface area contributed by atoms with Gasteiger partial charge in [0.25, 0.3) is 0 Å². The zero-order valence-electron chi connectivity index (χ0n) is 9.95. The van der Waals surface area contributed by atoms with Gasteiger partial charge < -0.3 is 5.73 Å². The second kappa shape index (κ2) is 3.97. The molecule has 1 aromatic rings. The topological polar surface area (TPSA) is 43.8 Å². The van der Waals surface area contributed by atoms with Crippen LogP contribution < -0.4 is 5.73 Å². The highest BCUT2D eigenvalue weighted by molar-refractivity contribution is 5.28. The van der Waals surface area contributed by atoms with Gasteiger partial charge in [-0.05, 0) is 32.3 Å². The summed E-state index contributed by atoms with van der Waals surface area (Å²) in [6, 6.07) is 0.312. The second-order valence-corrected chi connectivity index (χ2v) is 4.77. The minimum Gasteiger partial charge on any atom is -0.327 e. The molecule has 1 aliphatic rings. The van der Waals surface area contributed by atoms with Crippen LogP contribution in [0.5, 0.6) is 0 Å². The van der Waals surface area contributed by atoms with E-state index in [1.807, 2.05) is 11.7 Å². The number of nitrogens with two attached hydrogens (primary N) is 1. The van der Waals surface area contributed by atoms with Crippen LogP contribution in [0.1, 0.15) is 48.6 Å². The molecule has 3 heteroatoms. The lowest BCUT2D eigenvalue weighted by Gasteiger charge is -2.27. The fourth-order valence-corrected chi connectivity index (χ4v) is 2.59. The van der Waals surface area contributed by atoms with E-state index in [4.69, 9.17) is 5.73 Å². The van der Waals surface area contributed by atoms with Crippen molar-refractivity contribution in [2.45, 2.75) is 51.5 Å². The minimum atomic E-state index is 0.312. The van der Waals surface area contributed by atoms with Gasteiger partial charge in [-0.15, -0.1) is 0 Å². The van der Waals surface area contributed by atoms with Crippen molar-refractivity contribution < 1.29 is 0 Å². The molecular weight excluding hydrogens is 186 g/mol. The zero-order valence-corrected chi connectivity index (χ0v) is 9.95. The van der Waals surface area contributed by atoms with Crippen molar-refractivity contribution in [2.24, 2.45) is 12.8 Å². The highest BCUT2D eigenvalue weighted by atomic mass is 15.3. The molecule has 1 aliphatic carbocycles. The quantitative estimate of drug-likeness (QED) is 0.765. The molecular formula is C12H21N3. The van der Waals surface area contributed by atoms with Gasteiger partial charge in [0.2, 0.25) is 0 Å². The molecule has 15 heavy (non-hydrogen) atoms.